The minimum Gasteiger partial charge on any atom is -0.377 e. The van der Waals surface area contributed by atoms with Crippen molar-refractivity contribution in [1.82, 2.24) is 0 Å². The van der Waals surface area contributed by atoms with Crippen LogP contribution in [0.15, 0.2) is 47.4 Å². The van der Waals surface area contributed by atoms with Crippen molar-refractivity contribution in [3.63, 3.8) is 0 Å². The van der Waals surface area contributed by atoms with Gasteiger partial charge in [-0.25, -0.2) is 8.78 Å². The van der Waals surface area contributed by atoms with Crippen molar-refractivity contribution in [3.05, 3.63) is 54.1 Å². The summed E-state index contributed by atoms with van der Waals surface area (Å²) in [5.74, 6) is -2.70. The van der Waals surface area contributed by atoms with Crippen LogP contribution in [0.4, 0.5) is 14.5 Å². The third kappa shape index (κ3) is 3.59. The van der Waals surface area contributed by atoms with Crippen molar-refractivity contribution in [1.29, 1.82) is 0 Å². The molecule has 2 rings (SSSR count). The molecule has 2 aromatic carbocycles. The van der Waals surface area contributed by atoms with Crippen molar-refractivity contribution in [2.24, 2.45) is 0 Å². The number of rotatable bonds is 4. The van der Waals surface area contributed by atoms with Gasteiger partial charge in [-0.15, -0.1) is 0 Å². The Hall–Kier alpha value is -2.48. The Balaban J connectivity index is 2.41. The molecule has 1 amide bonds. The summed E-state index contributed by atoms with van der Waals surface area (Å²) in [6.07, 6.45) is 0. The Morgan fingerprint density at radius 3 is 2.50 bits per heavy atom. The topological polar surface area (TPSA) is 72.5 Å². The lowest BCUT2D eigenvalue weighted by molar-refractivity contribution is -0.114. The van der Waals surface area contributed by atoms with Gasteiger partial charge in [0.15, 0.2) is 5.75 Å². The molecule has 0 aliphatic rings. The number of amides is 1. The maximum atomic E-state index is 13.6. The van der Waals surface area contributed by atoms with Crippen molar-refractivity contribution in [3.8, 4) is 5.75 Å². The predicted octanol–water partition coefficient (Wildman–Crippen LogP) is 2.69. The summed E-state index contributed by atoms with van der Waals surface area (Å²) >= 11 is 0. The molecule has 2 aromatic rings. The Morgan fingerprint density at radius 2 is 1.82 bits per heavy atom. The largest absolute Gasteiger partial charge is 0.377 e. The van der Waals surface area contributed by atoms with Gasteiger partial charge in [0.2, 0.25) is 5.91 Å². The van der Waals surface area contributed by atoms with E-state index in [2.05, 4.69) is 5.32 Å². The summed E-state index contributed by atoms with van der Waals surface area (Å²) in [5, 5.41) is 2.38. The van der Waals surface area contributed by atoms with Gasteiger partial charge >= 0.3 is 10.1 Å². The summed E-state index contributed by atoms with van der Waals surface area (Å²) in [7, 11) is -4.59. The van der Waals surface area contributed by atoms with Crippen molar-refractivity contribution >= 4 is 21.7 Å². The number of carbonyl (C=O) groups excluding carboxylic acids is 1. The summed E-state index contributed by atoms with van der Waals surface area (Å²) < 4.78 is 55.7. The van der Waals surface area contributed by atoms with E-state index in [4.69, 9.17) is 4.18 Å². The molecule has 0 aromatic heterocycles. The summed E-state index contributed by atoms with van der Waals surface area (Å²) in [5.41, 5.74) is 0.0930. The number of hydrogen-bond acceptors (Lipinski definition) is 4. The molecular formula is C14H11F2NO4S. The molecule has 116 valence electrons. The van der Waals surface area contributed by atoms with E-state index in [0.29, 0.717) is 12.1 Å². The van der Waals surface area contributed by atoms with E-state index in [0.717, 1.165) is 6.07 Å². The van der Waals surface area contributed by atoms with Crippen LogP contribution < -0.4 is 9.50 Å². The van der Waals surface area contributed by atoms with Crippen LogP contribution in [-0.2, 0) is 14.9 Å². The van der Waals surface area contributed by atoms with Crippen LogP contribution in [0.5, 0.6) is 5.75 Å². The molecule has 0 heterocycles. The van der Waals surface area contributed by atoms with Gasteiger partial charge < -0.3 is 9.50 Å². The van der Waals surface area contributed by atoms with Gasteiger partial charge in [-0.1, -0.05) is 12.1 Å². The molecule has 1 N–H and O–H groups in total. The molecule has 0 aliphatic carbocycles. The lowest BCUT2D eigenvalue weighted by Gasteiger charge is -2.12. The number of halogens is 2. The highest BCUT2D eigenvalue weighted by Crippen LogP contribution is 2.28. The molecular weight excluding hydrogens is 316 g/mol. The van der Waals surface area contributed by atoms with Crippen LogP contribution in [0.1, 0.15) is 6.92 Å². The average molecular weight is 327 g/mol. The lowest BCUT2D eigenvalue weighted by atomic mass is 10.3. The molecule has 22 heavy (non-hydrogen) atoms. The van der Waals surface area contributed by atoms with Crippen LogP contribution in [0.2, 0.25) is 0 Å². The zero-order chi connectivity index (χ0) is 16.3. The van der Waals surface area contributed by atoms with Gasteiger partial charge in [0.05, 0.1) is 5.69 Å². The van der Waals surface area contributed by atoms with E-state index in [1.165, 1.54) is 25.1 Å². The van der Waals surface area contributed by atoms with E-state index < -0.39 is 32.6 Å². The van der Waals surface area contributed by atoms with Crippen LogP contribution >= 0.6 is 0 Å². The molecule has 0 saturated heterocycles. The van der Waals surface area contributed by atoms with Crippen LogP contribution in [0.25, 0.3) is 0 Å². The first-order valence-electron chi connectivity index (χ1n) is 6.06. The number of hydrogen-bond donors (Lipinski definition) is 1. The highest BCUT2D eigenvalue weighted by atomic mass is 32.2. The van der Waals surface area contributed by atoms with Crippen molar-refractivity contribution in [2.75, 3.05) is 5.32 Å². The first-order chi connectivity index (χ1) is 10.3. The number of nitrogens with one attached hydrogen (secondary N) is 1. The van der Waals surface area contributed by atoms with Gasteiger partial charge in [0.1, 0.15) is 16.5 Å². The van der Waals surface area contributed by atoms with Gasteiger partial charge in [-0.2, -0.15) is 8.42 Å². The fourth-order valence-corrected chi connectivity index (χ4v) is 2.70. The standard InChI is InChI=1S/C14H11F2NO4S/c1-9(18)17-12-4-2-3-5-13(12)21-22(19,20)14-8-10(15)6-7-11(14)16/h2-8H,1H3,(H,17,18). The van der Waals surface area contributed by atoms with Crippen molar-refractivity contribution in [2.45, 2.75) is 11.8 Å². The maximum absolute atomic E-state index is 13.6. The average Bonchev–Trinajstić information content (AvgIpc) is 2.43. The Morgan fingerprint density at radius 1 is 1.14 bits per heavy atom. The van der Waals surface area contributed by atoms with E-state index in [-0.39, 0.29) is 11.4 Å². The second-order valence-corrected chi connectivity index (χ2v) is 5.80. The van der Waals surface area contributed by atoms with Crippen molar-refractivity contribution < 1.29 is 26.2 Å². The summed E-state index contributed by atoms with van der Waals surface area (Å²) in [6.45, 7) is 1.23. The molecule has 0 unspecified atom stereocenters. The van der Waals surface area contributed by atoms with E-state index in [1.54, 1.807) is 6.07 Å². The Bertz CT molecular complexity index is 821. The number of para-hydroxylation sites is 2. The molecule has 8 heteroatoms. The Kier molecular flexibility index (Phi) is 4.41. The molecule has 0 radical (unpaired) electrons. The minimum atomic E-state index is -4.59. The number of anilines is 1. The molecule has 0 bridgehead atoms. The highest BCUT2D eigenvalue weighted by Gasteiger charge is 2.23. The Labute approximate surface area is 125 Å². The molecule has 0 spiro atoms. The predicted molar refractivity (Wildman–Crippen MR) is 74.9 cm³/mol. The fraction of sp³-hybridized carbons (Fsp3) is 0.0714. The third-order valence-electron chi connectivity index (χ3n) is 2.56. The van der Waals surface area contributed by atoms with E-state index >= 15 is 0 Å². The quantitative estimate of drug-likeness (QED) is 0.876. The van der Waals surface area contributed by atoms with Crippen LogP contribution in [0.3, 0.4) is 0 Å². The molecule has 0 saturated carbocycles. The second kappa shape index (κ2) is 6.10. The van der Waals surface area contributed by atoms with Gasteiger partial charge in [0.25, 0.3) is 0 Å². The zero-order valence-corrected chi connectivity index (χ0v) is 12.2. The summed E-state index contributed by atoms with van der Waals surface area (Å²) in [6, 6.07) is 7.70. The van der Waals surface area contributed by atoms with Crippen LogP contribution in [-0.4, -0.2) is 14.3 Å². The van der Waals surface area contributed by atoms with Gasteiger partial charge in [0, 0.05) is 6.92 Å². The SMILES string of the molecule is CC(=O)Nc1ccccc1OS(=O)(=O)c1cc(F)ccc1F. The zero-order valence-electron chi connectivity index (χ0n) is 11.3. The molecule has 0 fully saturated rings. The molecule has 0 aliphatic heterocycles. The lowest BCUT2D eigenvalue weighted by Crippen LogP contribution is -2.14. The molecule has 5 nitrogen and oxygen atoms in total. The minimum absolute atomic E-state index is 0.0930. The van der Waals surface area contributed by atoms with Gasteiger partial charge in [-0.3, -0.25) is 4.79 Å². The number of carbonyl (C=O) groups is 1. The van der Waals surface area contributed by atoms with Crippen LogP contribution in [0, 0.1) is 11.6 Å². The first-order valence-corrected chi connectivity index (χ1v) is 7.46. The van der Waals surface area contributed by atoms with E-state index in [9.17, 15) is 22.0 Å². The van der Waals surface area contributed by atoms with E-state index in [1.807, 2.05) is 0 Å². The number of benzene rings is 2. The smallest absolute Gasteiger partial charge is 0.342 e. The molecule has 0 atom stereocenters. The first kappa shape index (κ1) is 15.9. The third-order valence-corrected chi connectivity index (χ3v) is 3.81. The summed E-state index contributed by atoms with van der Waals surface area (Å²) in [4.78, 5) is 10.1. The monoisotopic (exact) mass is 327 g/mol. The second-order valence-electron chi connectivity index (χ2n) is 4.29. The maximum Gasteiger partial charge on any atom is 0.342 e. The highest BCUT2D eigenvalue weighted by molar-refractivity contribution is 7.87. The van der Waals surface area contributed by atoms with Gasteiger partial charge in [-0.05, 0) is 30.3 Å². The normalized spacial score (nSPS) is 11.0. The fourth-order valence-electron chi connectivity index (χ4n) is 1.66.